The summed E-state index contributed by atoms with van der Waals surface area (Å²) in [6.45, 7) is 2.46. The Kier molecular flexibility index (Phi) is 5.54. The van der Waals surface area contributed by atoms with E-state index in [1.807, 2.05) is 67.6 Å². The van der Waals surface area contributed by atoms with Crippen molar-refractivity contribution in [1.82, 2.24) is 0 Å². The van der Waals surface area contributed by atoms with Crippen molar-refractivity contribution >= 4 is 28.4 Å². The van der Waals surface area contributed by atoms with Crippen molar-refractivity contribution in [2.45, 2.75) is 6.92 Å². The highest BCUT2D eigenvalue weighted by molar-refractivity contribution is 6.03. The van der Waals surface area contributed by atoms with E-state index in [0.717, 1.165) is 22.0 Å². The van der Waals surface area contributed by atoms with Gasteiger partial charge in [0.05, 0.1) is 13.7 Å². The zero-order valence-corrected chi connectivity index (χ0v) is 14.9. The fourth-order valence-corrected chi connectivity index (χ4v) is 2.69. The first-order valence-electron chi connectivity index (χ1n) is 8.48. The first kappa shape index (κ1) is 17.5. The zero-order chi connectivity index (χ0) is 18.4. The van der Waals surface area contributed by atoms with E-state index >= 15 is 0 Å². The summed E-state index contributed by atoms with van der Waals surface area (Å²) in [4.78, 5) is 12.2. The van der Waals surface area contributed by atoms with Crippen LogP contribution in [0.5, 0.6) is 11.5 Å². The molecule has 0 aliphatic carbocycles. The van der Waals surface area contributed by atoms with Crippen LogP contribution in [0.25, 0.3) is 16.8 Å². The van der Waals surface area contributed by atoms with Crippen molar-refractivity contribution in [2.24, 2.45) is 0 Å². The number of fused-ring (bicyclic) bond motifs is 1. The molecule has 0 unspecified atom stereocenters. The van der Waals surface area contributed by atoms with Crippen LogP contribution in [0.3, 0.4) is 0 Å². The van der Waals surface area contributed by atoms with E-state index in [0.29, 0.717) is 18.1 Å². The van der Waals surface area contributed by atoms with Crippen molar-refractivity contribution in [3.8, 4) is 11.5 Å². The molecule has 4 nitrogen and oxygen atoms in total. The van der Waals surface area contributed by atoms with Gasteiger partial charge in [0.1, 0.15) is 0 Å². The van der Waals surface area contributed by atoms with Crippen LogP contribution in [0.4, 0.5) is 5.69 Å². The van der Waals surface area contributed by atoms with Crippen molar-refractivity contribution in [1.29, 1.82) is 0 Å². The lowest BCUT2D eigenvalue weighted by Crippen LogP contribution is -2.07. The predicted octanol–water partition coefficient (Wildman–Crippen LogP) is 4.90. The molecule has 0 aliphatic rings. The van der Waals surface area contributed by atoms with E-state index < -0.39 is 0 Å². The van der Waals surface area contributed by atoms with Crippen LogP contribution in [0.15, 0.2) is 66.7 Å². The lowest BCUT2D eigenvalue weighted by molar-refractivity contribution is -0.111. The van der Waals surface area contributed by atoms with E-state index in [2.05, 4.69) is 5.32 Å². The molecule has 0 saturated heterocycles. The highest BCUT2D eigenvalue weighted by Gasteiger charge is 2.04. The largest absolute Gasteiger partial charge is 0.493 e. The summed E-state index contributed by atoms with van der Waals surface area (Å²) in [6.07, 6.45) is 3.26. The third kappa shape index (κ3) is 4.22. The van der Waals surface area contributed by atoms with Gasteiger partial charge in [-0.25, -0.2) is 0 Å². The second-order valence-corrected chi connectivity index (χ2v) is 5.73. The Morgan fingerprint density at radius 1 is 1.00 bits per heavy atom. The fraction of sp³-hybridized carbons (Fsp3) is 0.136. The molecule has 0 spiro atoms. The van der Waals surface area contributed by atoms with E-state index in [-0.39, 0.29) is 5.91 Å². The quantitative estimate of drug-likeness (QED) is 0.645. The number of hydrogen-bond donors (Lipinski definition) is 1. The highest BCUT2D eigenvalue weighted by Crippen LogP contribution is 2.28. The van der Waals surface area contributed by atoms with Gasteiger partial charge in [-0.05, 0) is 53.6 Å². The average molecular weight is 347 g/mol. The van der Waals surface area contributed by atoms with Gasteiger partial charge in [-0.2, -0.15) is 0 Å². The number of rotatable bonds is 6. The van der Waals surface area contributed by atoms with Crippen LogP contribution in [-0.4, -0.2) is 19.6 Å². The summed E-state index contributed by atoms with van der Waals surface area (Å²) in [5, 5.41) is 5.12. The molecular weight excluding hydrogens is 326 g/mol. The molecule has 4 heteroatoms. The van der Waals surface area contributed by atoms with Gasteiger partial charge >= 0.3 is 0 Å². The van der Waals surface area contributed by atoms with Gasteiger partial charge in [-0.15, -0.1) is 0 Å². The van der Waals surface area contributed by atoms with Crippen LogP contribution < -0.4 is 14.8 Å². The summed E-state index contributed by atoms with van der Waals surface area (Å²) >= 11 is 0. The molecule has 3 aromatic carbocycles. The highest BCUT2D eigenvalue weighted by atomic mass is 16.5. The Bertz CT molecular complexity index is 947. The van der Waals surface area contributed by atoms with Crippen molar-refractivity contribution in [3.05, 3.63) is 72.3 Å². The Balaban J connectivity index is 1.71. The molecule has 0 atom stereocenters. The molecule has 3 rings (SSSR count). The van der Waals surface area contributed by atoms with Gasteiger partial charge in [-0.3, -0.25) is 4.79 Å². The normalized spacial score (nSPS) is 10.8. The molecule has 0 radical (unpaired) electrons. The summed E-state index contributed by atoms with van der Waals surface area (Å²) in [5.41, 5.74) is 1.63. The lowest BCUT2D eigenvalue weighted by atomic mass is 10.1. The maximum absolute atomic E-state index is 12.2. The fourth-order valence-electron chi connectivity index (χ4n) is 2.69. The van der Waals surface area contributed by atoms with Gasteiger partial charge in [0.15, 0.2) is 11.5 Å². The second kappa shape index (κ2) is 8.21. The number of amides is 1. The number of anilines is 1. The lowest BCUT2D eigenvalue weighted by Gasteiger charge is -2.09. The summed E-state index contributed by atoms with van der Waals surface area (Å²) < 4.78 is 10.8. The predicted molar refractivity (Wildman–Crippen MR) is 106 cm³/mol. The Morgan fingerprint density at radius 3 is 2.58 bits per heavy atom. The molecule has 0 fully saturated rings. The van der Waals surface area contributed by atoms with Crippen LogP contribution in [0.1, 0.15) is 12.5 Å². The van der Waals surface area contributed by atoms with Crippen molar-refractivity contribution < 1.29 is 14.3 Å². The Morgan fingerprint density at radius 2 is 1.81 bits per heavy atom. The Hall–Kier alpha value is -3.27. The molecule has 0 aliphatic heterocycles. The summed E-state index contributed by atoms with van der Waals surface area (Å²) in [6, 6.07) is 19.4. The van der Waals surface area contributed by atoms with Gasteiger partial charge in [0.2, 0.25) is 5.91 Å². The van der Waals surface area contributed by atoms with Gasteiger partial charge in [0.25, 0.3) is 0 Å². The minimum absolute atomic E-state index is 0.186. The van der Waals surface area contributed by atoms with E-state index in [4.69, 9.17) is 9.47 Å². The third-order valence-electron chi connectivity index (χ3n) is 3.93. The number of carbonyl (C=O) groups excluding carboxylic acids is 1. The van der Waals surface area contributed by atoms with Gasteiger partial charge < -0.3 is 14.8 Å². The summed E-state index contributed by atoms with van der Waals surface area (Å²) in [7, 11) is 1.60. The molecule has 132 valence electrons. The number of methoxy groups -OCH3 is 1. The SMILES string of the molecule is CCOc1cc(/C=C/C(=O)Nc2ccc3ccccc3c2)ccc1OC. The minimum Gasteiger partial charge on any atom is -0.493 e. The molecule has 0 saturated carbocycles. The zero-order valence-electron chi connectivity index (χ0n) is 14.9. The molecule has 0 aromatic heterocycles. The number of nitrogens with one attached hydrogen (secondary N) is 1. The van der Waals surface area contributed by atoms with Gasteiger partial charge in [0, 0.05) is 11.8 Å². The minimum atomic E-state index is -0.186. The third-order valence-corrected chi connectivity index (χ3v) is 3.93. The number of carbonyl (C=O) groups is 1. The number of hydrogen-bond acceptors (Lipinski definition) is 3. The van der Waals surface area contributed by atoms with E-state index in [1.54, 1.807) is 13.2 Å². The van der Waals surface area contributed by atoms with Crippen LogP contribution in [0, 0.1) is 0 Å². The smallest absolute Gasteiger partial charge is 0.248 e. The van der Waals surface area contributed by atoms with Crippen molar-refractivity contribution in [3.63, 3.8) is 0 Å². The Labute approximate surface area is 153 Å². The molecule has 1 amide bonds. The average Bonchev–Trinajstić information content (AvgIpc) is 2.67. The molecule has 0 bridgehead atoms. The second-order valence-electron chi connectivity index (χ2n) is 5.73. The molecule has 3 aromatic rings. The van der Waals surface area contributed by atoms with Gasteiger partial charge in [-0.1, -0.05) is 36.4 Å². The topological polar surface area (TPSA) is 47.6 Å². The molecule has 0 heterocycles. The van der Waals surface area contributed by atoms with Crippen LogP contribution in [-0.2, 0) is 4.79 Å². The monoisotopic (exact) mass is 347 g/mol. The van der Waals surface area contributed by atoms with Crippen LogP contribution in [0.2, 0.25) is 0 Å². The maximum atomic E-state index is 12.2. The summed E-state index contributed by atoms with van der Waals surface area (Å²) in [5.74, 6) is 1.14. The maximum Gasteiger partial charge on any atom is 0.248 e. The van der Waals surface area contributed by atoms with Crippen LogP contribution >= 0.6 is 0 Å². The first-order valence-corrected chi connectivity index (χ1v) is 8.48. The van der Waals surface area contributed by atoms with E-state index in [1.165, 1.54) is 6.08 Å². The standard InChI is InChI=1S/C22H21NO3/c1-3-26-21-14-16(8-12-20(21)25-2)9-13-22(24)23-19-11-10-17-6-4-5-7-18(17)15-19/h4-15H,3H2,1-2H3,(H,23,24)/b13-9+. The molecule has 26 heavy (non-hydrogen) atoms. The number of benzene rings is 3. The molecule has 1 N–H and O–H groups in total. The van der Waals surface area contributed by atoms with Crippen molar-refractivity contribution in [2.75, 3.05) is 19.0 Å². The molecular formula is C22H21NO3. The number of ether oxygens (including phenoxy) is 2. The first-order chi connectivity index (χ1) is 12.7. The van der Waals surface area contributed by atoms with E-state index in [9.17, 15) is 4.79 Å².